The highest BCUT2D eigenvalue weighted by atomic mass is 32.2. The molecular weight excluding hydrogens is 260 g/mol. The lowest BCUT2D eigenvalue weighted by Gasteiger charge is -2.04. The van der Waals surface area contributed by atoms with Gasteiger partial charge in [-0.15, -0.1) is 11.3 Å². The first-order valence-corrected chi connectivity index (χ1v) is 7.27. The van der Waals surface area contributed by atoms with E-state index in [4.69, 9.17) is 5.73 Å². The number of rotatable bonds is 5. The monoisotopic (exact) mass is 272 g/mol. The molecule has 0 bridgehead atoms. The topological polar surface area (TPSA) is 101 Å². The van der Waals surface area contributed by atoms with E-state index in [1.54, 1.807) is 11.3 Å². The second-order valence-corrected chi connectivity index (χ2v) is 6.14. The van der Waals surface area contributed by atoms with Crippen LogP contribution in [0.3, 0.4) is 0 Å². The summed E-state index contributed by atoms with van der Waals surface area (Å²) >= 11 is 1.60. The van der Waals surface area contributed by atoms with Gasteiger partial charge < -0.3 is 5.73 Å². The van der Waals surface area contributed by atoms with Crippen molar-refractivity contribution in [3.05, 3.63) is 28.6 Å². The van der Waals surface area contributed by atoms with Gasteiger partial charge in [-0.05, 0) is 17.9 Å². The number of nitrogens with zero attached hydrogens (tertiary/aromatic N) is 1. The van der Waals surface area contributed by atoms with Crippen LogP contribution in [0.4, 0.5) is 5.82 Å². The predicted octanol–water partition coefficient (Wildman–Crippen LogP) is 0.574. The van der Waals surface area contributed by atoms with Gasteiger partial charge >= 0.3 is 0 Å². The minimum atomic E-state index is -3.56. The average Bonchev–Trinajstić information content (AvgIpc) is 2.88. The van der Waals surface area contributed by atoms with Crippen LogP contribution >= 0.6 is 11.3 Å². The first-order chi connectivity index (χ1) is 8.09. The molecule has 0 aliphatic heterocycles. The summed E-state index contributed by atoms with van der Waals surface area (Å²) in [6.07, 6.45) is 1.86. The fourth-order valence-electron chi connectivity index (χ4n) is 1.34. The van der Waals surface area contributed by atoms with Crippen molar-refractivity contribution in [2.24, 2.45) is 0 Å². The van der Waals surface area contributed by atoms with Gasteiger partial charge in [0.15, 0.2) is 0 Å². The molecule has 0 aliphatic rings. The Kier molecular flexibility index (Phi) is 3.46. The number of aromatic amines is 1. The summed E-state index contributed by atoms with van der Waals surface area (Å²) in [5.41, 5.74) is 5.46. The zero-order chi connectivity index (χ0) is 12.3. The zero-order valence-corrected chi connectivity index (χ0v) is 10.5. The molecule has 2 aromatic rings. The maximum Gasteiger partial charge on any atom is 0.245 e. The molecule has 0 amide bonds. The lowest BCUT2D eigenvalue weighted by molar-refractivity contribution is 0.582. The molecule has 0 atom stereocenters. The summed E-state index contributed by atoms with van der Waals surface area (Å²) in [5.74, 6) is 0.0497. The third-order valence-corrected chi connectivity index (χ3v) is 4.59. The second kappa shape index (κ2) is 4.86. The van der Waals surface area contributed by atoms with Gasteiger partial charge in [0.05, 0.1) is 6.20 Å². The molecule has 4 N–H and O–H groups in total. The second-order valence-electron chi connectivity index (χ2n) is 3.38. The van der Waals surface area contributed by atoms with Crippen molar-refractivity contribution in [2.75, 3.05) is 12.3 Å². The predicted molar refractivity (Wildman–Crippen MR) is 66.2 cm³/mol. The summed E-state index contributed by atoms with van der Waals surface area (Å²) < 4.78 is 26.1. The third kappa shape index (κ3) is 2.84. The van der Waals surface area contributed by atoms with Crippen molar-refractivity contribution in [3.63, 3.8) is 0 Å². The molecule has 0 unspecified atom stereocenters. The maximum atomic E-state index is 11.8. The van der Waals surface area contributed by atoms with Crippen molar-refractivity contribution in [1.82, 2.24) is 14.9 Å². The van der Waals surface area contributed by atoms with Gasteiger partial charge in [-0.3, -0.25) is 5.10 Å². The summed E-state index contributed by atoms with van der Waals surface area (Å²) in [6, 6.07) is 3.90. The minimum Gasteiger partial charge on any atom is -0.383 e. The molecule has 0 saturated heterocycles. The first-order valence-electron chi connectivity index (χ1n) is 4.90. The number of hydrogen-bond donors (Lipinski definition) is 3. The molecule has 8 heteroatoms. The number of anilines is 1. The van der Waals surface area contributed by atoms with Gasteiger partial charge in [-0.2, -0.15) is 5.10 Å². The molecule has 0 aromatic carbocycles. The molecular formula is C9H12N4O2S2. The molecule has 6 nitrogen and oxygen atoms in total. The Labute approximate surface area is 103 Å². The highest BCUT2D eigenvalue weighted by Gasteiger charge is 2.18. The highest BCUT2D eigenvalue weighted by molar-refractivity contribution is 7.89. The lowest BCUT2D eigenvalue weighted by atomic mass is 10.3. The quantitative estimate of drug-likeness (QED) is 0.741. The molecule has 0 fully saturated rings. The van der Waals surface area contributed by atoms with E-state index in [0.29, 0.717) is 13.0 Å². The minimum absolute atomic E-state index is 0.0105. The van der Waals surface area contributed by atoms with Crippen LogP contribution in [0.1, 0.15) is 4.88 Å². The molecule has 17 heavy (non-hydrogen) atoms. The maximum absolute atomic E-state index is 11.8. The van der Waals surface area contributed by atoms with Crippen LogP contribution in [-0.2, 0) is 16.4 Å². The molecule has 0 saturated carbocycles. The fraction of sp³-hybridized carbons (Fsp3) is 0.222. The molecule has 2 rings (SSSR count). The first kappa shape index (κ1) is 12.1. The molecule has 92 valence electrons. The van der Waals surface area contributed by atoms with Gasteiger partial charge in [-0.25, -0.2) is 13.1 Å². The molecule has 0 spiro atoms. The van der Waals surface area contributed by atoms with Crippen LogP contribution in [0, 0.1) is 0 Å². The normalized spacial score (nSPS) is 11.8. The van der Waals surface area contributed by atoms with Crippen LogP contribution in [0.2, 0.25) is 0 Å². The van der Waals surface area contributed by atoms with Gasteiger partial charge in [0.1, 0.15) is 10.7 Å². The van der Waals surface area contributed by atoms with Crippen LogP contribution in [0.5, 0.6) is 0 Å². The number of thiophene rings is 1. The van der Waals surface area contributed by atoms with Gasteiger partial charge in [0, 0.05) is 11.4 Å². The summed E-state index contributed by atoms with van der Waals surface area (Å²) in [6.45, 7) is 0.341. The smallest absolute Gasteiger partial charge is 0.245 e. The largest absolute Gasteiger partial charge is 0.383 e. The number of nitrogen functional groups attached to an aromatic ring is 1. The Morgan fingerprint density at radius 3 is 2.94 bits per heavy atom. The van der Waals surface area contributed by atoms with Crippen molar-refractivity contribution < 1.29 is 8.42 Å². The molecule has 0 aliphatic carbocycles. The van der Waals surface area contributed by atoms with E-state index >= 15 is 0 Å². The summed E-state index contributed by atoms with van der Waals surface area (Å²) in [7, 11) is -3.56. The number of nitrogens with one attached hydrogen (secondary N) is 2. The Balaban J connectivity index is 1.97. The van der Waals surface area contributed by atoms with E-state index < -0.39 is 10.0 Å². The number of sulfonamides is 1. The van der Waals surface area contributed by atoms with E-state index in [1.165, 1.54) is 6.20 Å². The number of hydrogen-bond acceptors (Lipinski definition) is 5. The number of aromatic nitrogens is 2. The fourth-order valence-corrected chi connectivity index (χ4v) is 3.10. The van der Waals surface area contributed by atoms with Crippen LogP contribution in [0.25, 0.3) is 0 Å². The van der Waals surface area contributed by atoms with Crippen molar-refractivity contribution in [3.8, 4) is 0 Å². The standard InChI is InChI=1S/C9H12N4O2S2/c10-9-8(6-11-13-9)17(14,15)12-4-3-7-2-1-5-16-7/h1-2,5-6,12H,3-4H2,(H3,10,11,13). The number of nitrogens with two attached hydrogens (primary N) is 1. The van der Waals surface area contributed by atoms with E-state index in [1.807, 2.05) is 17.5 Å². The Hall–Kier alpha value is -1.38. The van der Waals surface area contributed by atoms with E-state index in [9.17, 15) is 8.42 Å². The Morgan fingerprint density at radius 1 is 1.53 bits per heavy atom. The van der Waals surface area contributed by atoms with Crippen LogP contribution < -0.4 is 10.5 Å². The van der Waals surface area contributed by atoms with Crippen molar-refractivity contribution >= 4 is 27.2 Å². The Bertz CT molecular complexity index is 574. The van der Waals surface area contributed by atoms with E-state index in [2.05, 4.69) is 14.9 Å². The molecule has 2 aromatic heterocycles. The van der Waals surface area contributed by atoms with E-state index in [-0.39, 0.29) is 10.7 Å². The van der Waals surface area contributed by atoms with Crippen molar-refractivity contribution in [2.45, 2.75) is 11.3 Å². The van der Waals surface area contributed by atoms with Crippen LogP contribution in [-0.4, -0.2) is 25.2 Å². The number of H-pyrrole nitrogens is 1. The van der Waals surface area contributed by atoms with Crippen LogP contribution in [0.15, 0.2) is 28.6 Å². The van der Waals surface area contributed by atoms with Gasteiger partial charge in [-0.1, -0.05) is 6.07 Å². The van der Waals surface area contributed by atoms with Crippen molar-refractivity contribution in [1.29, 1.82) is 0 Å². The Morgan fingerprint density at radius 2 is 2.35 bits per heavy atom. The molecule has 2 heterocycles. The average molecular weight is 272 g/mol. The SMILES string of the molecule is Nc1[nH]ncc1S(=O)(=O)NCCc1cccs1. The molecule has 0 radical (unpaired) electrons. The van der Waals surface area contributed by atoms with Gasteiger partial charge in [0.2, 0.25) is 10.0 Å². The lowest BCUT2D eigenvalue weighted by Crippen LogP contribution is -2.26. The third-order valence-electron chi connectivity index (χ3n) is 2.17. The van der Waals surface area contributed by atoms with E-state index in [0.717, 1.165) is 4.88 Å². The zero-order valence-electron chi connectivity index (χ0n) is 8.88. The summed E-state index contributed by atoms with van der Waals surface area (Å²) in [4.78, 5) is 1.12. The highest BCUT2D eigenvalue weighted by Crippen LogP contribution is 2.14. The van der Waals surface area contributed by atoms with Gasteiger partial charge in [0.25, 0.3) is 0 Å². The summed E-state index contributed by atoms with van der Waals surface area (Å²) in [5, 5.41) is 7.92.